The zero-order valence-corrected chi connectivity index (χ0v) is 8.55. The van der Waals surface area contributed by atoms with Crippen molar-refractivity contribution in [3.63, 3.8) is 0 Å². The molecule has 2 aliphatic carbocycles. The third-order valence-corrected chi connectivity index (χ3v) is 4.28. The molecule has 4 atom stereocenters. The fourth-order valence-corrected chi connectivity index (χ4v) is 3.46. The predicted molar refractivity (Wildman–Crippen MR) is 53.0 cm³/mol. The van der Waals surface area contributed by atoms with Gasteiger partial charge < -0.3 is 0 Å². The summed E-state index contributed by atoms with van der Waals surface area (Å²) in [4.78, 5) is 0. The maximum absolute atomic E-state index is 2.48. The molecular formula is C12H22. The fourth-order valence-electron chi connectivity index (χ4n) is 3.46. The van der Waals surface area contributed by atoms with Gasteiger partial charge in [-0.05, 0) is 36.5 Å². The van der Waals surface area contributed by atoms with Gasteiger partial charge in [0.15, 0.2) is 0 Å². The van der Waals surface area contributed by atoms with Gasteiger partial charge >= 0.3 is 0 Å². The van der Waals surface area contributed by atoms with Crippen LogP contribution in [0, 0.1) is 23.7 Å². The first-order chi connectivity index (χ1) is 5.77. The Hall–Kier alpha value is 0. The van der Waals surface area contributed by atoms with E-state index >= 15 is 0 Å². The summed E-state index contributed by atoms with van der Waals surface area (Å²) in [6.07, 6.45) is 9.14. The van der Waals surface area contributed by atoms with E-state index in [-0.39, 0.29) is 0 Å². The van der Waals surface area contributed by atoms with Crippen molar-refractivity contribution in [3.05, 3.63) is 0 Å². The summed E-state index contributed by atoms with van der Waals surface area (Å²) in [7, 11) is 0. The van der Waals surface area contributed by atoms with Crippen LogP contribution in [0.15, 0.2) is 0 Å². The summed E-state index contributed by atoms with van der Waals surface area (Å²) in [5.74, 6) is 4.27. The van der Waals surface area contributed by atoms with Gasteiger partial charge in [0.05, 0.1) is 0 Å². The highest BCUT2D eigenvalue weighted by atomic mass is 14.4. The molecule has 0 radical (unpaired) electrons. The van der Waals surface area contributed by atoms with Gasteiger partial charge in [-0.2, -0.15) is 0 Å². The zero-order chi connectivity index (χ0) is 8.55. The Morgan fingerprint density at radius 1 is 0.917 bits per heavy atom. The second-order valence-corrected chi connectivity index (χ2v) is 5.25. The van der Waals surface area contributed by atoms with Crippen molar-refractivity contribution in [1.29, 1.82) is 0 Å². The van der Waals surface area contributed by atoms with Crippen LogP contribution in [0.3, 0.4) is 0 Å². The molecule has 0 heteroatoms. The molecule has 0 heterocycles. The van der Waals surface area contributed by atoms with Crippen molar-refractivity contribution in [2.75, 3.05) is 0 Å². The monoisotopic (exact) mass is 166 g/mol. The molecule has 0 saturated heterocycles. The van der Waals surface area contributed by atoms with Crippen molar-refractivity contribution in [3.8, 4) is 0 Å². The van der Waals surface area contributed by atoms with E-state index in [2.05, 4.69) is 13.8 Å². The van der Waals surface area contributed by atoms with Crippen LogP contribution in [0.25, 0.3) is 0 Å². The Morgan fingerprint density at radius 2 is 1.75 bits per heavy atom. The summed E-state index contributed by atoms with van der Waals surface area (Å²) in [5, 5.41) is 0. The maximum atomic E-state index is 2.48. The molecule has 0 unspecified atom stereocenters. The lowest BCUT2D eigenvalue weighted by molar-refractivity contribution is 0.0880. The van der Waals surface area contributed by atoms with Crippen LogP contribution < -0.4 is 0 Å². The largest absolute Gasteiger partial charge is 0.0625 e. The van der Waals surface area contributed by atoms with Gasteiger partial charge in [0, 0.05) is 0 Å². The van der Waals surface area contributed by atoms with Gasteiger partial charge in [0.25, 0.3) is 0 Å². The highest BCUT2D eigenvalue weighted by Gasteiger charge is 2.34. The Labute approximate surface area is 76.7 Å². The highest BCUT2D eigenvalue weighted by molar-refractivity contribution is 4.85. The molecule has 2 rings (SSSR count). The molecule has 0 amide bonds. The van der Waals surface area contributed by atoms with Gasteiger partial charge in [0.1, 0.15) is 0 Å². The van der Waals surface area contributed by atoms with Crippen molar-refractivity contribution < 1.29 is 0 Å². The molecule has 0 spiro atoms. The molecule has 0 aromatic heterocycles. The third kappa shape index (κ3) is 1.53. The molecule has 0 aliphatic heterocycles. The van der Waals surface area contributed by atoms with E-state index in [0.717, 1.165) is 23.7 Å². The third-order valence-electron chi connectivity index (χ3n) is 4.28. The summed E-state index contributed by atoms with van der Waals surface area (Å²) in [5.41, 5.74) is 0. The topological polar surface area (TPSA) is 0 Å². The van der Waals surface area contributed by atoms with Crippen molar-refractivity contribution >= 4 is 0 Å². The van der Waals surface area contributed by atoms with E-state index < -0.39 is 0 Å². The zero-order valence-electron chi connectivity index (χ0n) is 8.55. The Bertz CT molecular complexity index is 150. The molecule has 0 nitrogen and oxygen atoms in total. The molecule has 2 aliphatic rings. The van der Waals surface area contributed by atoms with Crippen LogP contribution in [-0.4, -0.2) is 0 Å². The number of rotatable bonds is 0. The molecule has 0 N–H and O–H groups in total. The Kier molecular flexibility index (Phi) is 2.43. The van der Waals surface area contributed by atoms with Gasteiger partial charge in [-0.15, -0.1) is 0 Å². The normalized spacial score (nSPS) is 48.5. The summed E-state index contributed by atoms with van der Waals surface area (Å²) in [6.45, 7) is 4.92. The number of fused-ring (bicyclic) bond motifs is 1. The van der Waals surface area contributed by atoms with Gasteiger partial charge in [0.2, 0.25) is 0 Å². The van der Waals surface area contributed by atoms with Gasteiger partial charge in [-0.3, -0.25) is 0 Å². The average molecular weight is 166 g/mol. The summed E-state index contributed by atoms with van der Waals surface area (Å²) in [6, 6.07) is 0. The minimum Gasteiger partial charge on any atom is -0.0625 e. The highest BCUT2D eigenvalue weighted by Crippen LogP contribution is 2.45. The Morgan fingerprint density at radius 3 is 2.58 bits per heavy atom. The first-order valence-electron chi connectivity index (χ1n) is 5.77. The van der Waals surface area contributed by atoms with Crippen LogP contribution in [0.4, 0.5) is 0 Å². The van der Waals surface area contributed by atoms with Crippen LogP contribution in [0.2, 0.25) is 0 Å². The van der Waals surface area contributed by atoms with Crippen molar-refractivity contribution in [2.45, 2.75) is 52.4 Å². The van der Waals surface area contributed by atoms with E-state index in [1.807, 2.05) is 0 Å². The number of hydrogen-bond donors (Lipinski definition) is 0. The number of hydrogen-bond acceptors (Lipinski definition) is 0. The molecule has 12 heavy (non-hydrogen) atoms. The summed E-state index contributed by atoms with van der Waals surface area (Å²) >= 11 is 0. The predicted octanol–water partition coefficient (Wildman–Crippen LogP) is 3.86. The van der Waals surface area contributed by atoms with Crippen molar-refractivity contribution in [2.24, 2.45) is 23.7 Å². The smallest absolute Gasteiger partial charge is 0.0358 e. The van der Waals surface area contributed by atoms with E-state index in [1.54, 1.807) is 6.42 Å². The van der Waals surface area contributed by atoms with E-state index in [4.69, 9.17) is 0 Å². The molecule has 2 fully saturated rings. The molecule has 2 saturated carbocycles. The molecular weight excluding hydrogens is 144 g/mol. The van der Waals surface area contributed by atoms with E-state index in [9.17, 15) is 0 Å². The lowest BCUT2D eigenvalue weighted by atomic mass is 9.64. The second-order valence-electron chi connectivity index (χ2n) is 5.25. The first kappa shape index (κ1) is 8.59. The van der Waals surface area contributed by atoms with Crippen LogP contribution >= 0.6 is 0 Å². The van der Waals surface area contributed by atoms with E-state index in [1.165, 1.54) is 32.1 Å². The lowest BCUT2D eigenvalue weighted by Crippen LogP contribution is -2.32. The minimum absolute atomic E-state index is 1.02. The fraction of sp³-hybridized carbons (Fsp3) is 1.00. The maximum Gasteiger partial charge on any atom is -0.0358 e. The van der Waals surface area contributed by atoms with Crippen LogP contribution in [-0.2, 0) is 0 Å². The summed E-state index contributed by atoms with van der Waals surface area (Å²) < 4.78 is 0. The molecule has 0 aromatic rings. The van der Waals surface area contributed by atoms with Gasteiger partial charge in [-0.25, -0.2) is 0 Å². The van der Waals surface area contributed by atoms with E-state index in [0.29, 0.717) is 0 Å². The average Bonchev–Trinajstić information content (AvgIpc) is 2.07. The molecule has 0 aromatic carbocycles. The SMILES string of the molecule is C[C@H]1CC[C@@H]2CCC[C@H](C)[C@@H]2C1. The Balaban J connectivity index is 2.00. The molecule has 0 bridgehead atoms. The lowest BCUT2D eigenvalue weighted by Gasteiger charge is -2.42. The van der Waals surface area contributed by atoms with Gasteiger partial charge in [-0.1, -0.05) is 39.5 Å². The first-order valence-corrected chi connectivity index (χ1v) is 5.77. The standard InChI is InChI=1S/C12H22/c1-9-6-7-11-5-3-4-10(2)12(11)8-9/h9-12H,3-8H2,1-2H3/t9-,10-,11-,12-/m0/s1. The quantitative estimate of drug-likeness (QED) is 0.512. The second kappa shape index (κ2) is 3.40. The molecule has 70 valence electrons. The van der Waals surface area contributed by atoms with Crippen LogP contribution in [0.5, 0.6) is 0 Å². The van der Waals surface area contributed by atoms with Crippen molar-refractivity contribution in [1.82, 2.24) is 0 Å². The minimum atomic E-state index is 1.02. The van der Waals surface area contributed by atoms with Crippen LogP contribution in [0.1, 0.15) is 52.4 Å².